The van der Waals surface area contributed by atoms with E-state index in [1.165, 1.54) is 48.8 Å². The van der Waals surface area contributed by atoms with Crippen molar-refractivity contribution in [1.29, 1.82) is 0 Å². The molecule has 2 amide bonds. The molecule has 0 saturated heterocycles. The van der Waals surface area contributed by atoms with Gasteiger partial charge in [-0.25, -0.2) is 4.39 Å². The smallest absolute Gasteiger partial charge is 0.350 e. The predicted octanol–water partition coefficient (Wildman–Crippen LogP) is 4.98. The normalized spacial score (nSPS) is 12.0. The number of anilines is 1. The van der Waals surface area contributed by atoms with Crippen molar-refractivity contribution in [2.75, 3.05) is 4.90 Å². The van der Waals surface area contributed by atoms with E-state index in [2.05, 4.69) is 25.7 Å². The lowest BCUT2D eigenvalue weighted by Gasteiger charge is -2.31. The highest BCUT2D eigenvalue weighted by atomic mass is 19.4. The molecule has 2 heterocycles. The molecule has 0 fully saturated rings. The molecule has 3 aromatic carbocycles. The number of alkyl halides is 3. The maximum Gasteiger partial charge on any atom is 0.416 e. The zero-order valence-corrected chi connectivity index (χ0v) is 22.3. The maximum absolute atomic E-state index is 14.3. The first-order valence-electron chi connectivity index (χ1n) is 12.9. The van der Waals surface area contributed by atoms with Gasteiger partial charge in [0.25, 0.3) is 5.91 Å². The lowest BCUT2D eigenvalue weighted by molar-refractivity contribution is -0.137. The molecule has 0 spiro atoms. The number of hydrogen-bond donors (Lipinski definition) is 1. The lowest BCUT2D eigenvalue weighted by Crippen LogP contribution is -2.45. The Kier molecular flexibility index (Phi) is 8.51. The standard InChI is InChI=1S/C30H23F4N7O2/c31-25-12-5-4-11-24(25)28-37-39-40(38-28)19-26(42)41(23-10-6-9-22(17-23)30(32,33)34)27(21-13-15-35-16-14-21)29(43)36-18-20-7-2-1-3-8-20/h1-17,27H,18-19H2,(H,36,43)/t27-/m0/s1. The predicted molar refractivity (Wildman–Crippen MR) is 147 cm³/mol. The van der Waals surface area contributed by atoms with Gasteiger partial charge in [0, 0.05) is 24.6 Å². The van der Waals surface area contributed by atoms with Crippen LogP contribution in [0, 0.1) is 5.82 Å². The van der Waals surface area contributed by atoms with Gasteiger partial charge in [0.05, 0.1) is 11.1 Å². The molecule has 43 heavy (non-hydrogen) atoms. The molecule has 0 radical (unpaired) electrons. The summed E-state index contributed by atoms with van der Waals surface area (Å²) in [5.41, 5.74) is -0.0859. The van der Waals surface area contributed by atoms with Crippen molar-refractivity contribution in [3.8, 4) is 11.4 Å². The van der Waals surface area contributed by atoms with Gasteiger partial charge >= 0.3 is 6.18 Å². The Morgan fingerprint density at radius 1 is 0.907 bits per heavy atom. The van der Waals surface area contributed by atoms with Crippen LogP contribution >= 0.6 is 0 Å². The topological polar surface area (TPSA) is 106 Å². The third-order valence-corrected chi connectivity index (χ3v) is 6.40. The molecule has 5 aromatic rings. The SMILES string of the molecule is O=C(NCc1ccccc1)[C@H](c1ccncc1)N(C(=O)Cn1nnc(-c2ccccc2F)n1)c1cccc(C(F)(F)F)c1. The summed E-state index contributed by atoms with van der Waals surface area (Å²) in [7, 11) is 0. The molecule has 1 atom stereocenters. The summed E-state index contributed by atoms with van der Waals surface area (Å²) >= 11 is 0. The van der Waals surface area contributed by atoms with Crippen LogP contribution in [0.2, 0.25) is 0 Å². The fraction of sp³-hybridized carbons (Fsp3) is 0.133. The number of hydrogen-bond acceptors (Lipinski definition) is 6. The van der Waals surface area contributed by atoms with E-state index >= 15 is 0 Å². The number of halogens is 4. The minimum atomic E-state index is -4.71. The second-order valence-corrected chi connectivity index (χ2v) is 9.32. The van der Waals surface area contributed by atoms with Crippen LogP contribution in [0.3, 0.4) is 0 Å². The van der Waals surface area contributed by atoms with Crippen LogP contribution < -0.4 is 10.2 Å². The van der Waals surface area contributed by atoms with Crippen LogP contribution in [0.4, 0.5) is 23.2 Å². The molecule has 0 saturated carbocycles. The zero-order chi connectivity index (χ0) is 30.4. The van der Waals surface area contributed by atoms with Crippen molar-refractivity contribution in [2.24, 2.45) is 0 Å². The number of pyridine rings is 1. The average molecular weight is 590 g/mol. The molecule has 0 bridgehead atoms. The Bertz CT molecular complexity index is 1710. The highest BCUT2D eigenvalue weighted by Crippen LogP contribution is 2.35. The van der Waals surface area contributed by atoms with E-state index in [1.54, 1.807) is 30.3 Å². The van der Waals surface area contributed by atoms with Crippen molar-refractivity contribution in [1.82, 2.24) is 30.5 Å². The molecule has 0 aliphatic rings. The van der Waals surface area contributed by atoms with E-state index < -0.39 is 42.0 Å². The van der Waals surface area contributed by atoms with Gasteiger partial charge in [0.15, 0.2) is 0 Å². The van der Waals surface area contributed by atoms with Crippen LogP contribution in [-0.2, 0) is 28.9 Å². The summed E-state index contributed by atoms with van der Waals surface area (Å²) in [5, 5.41) is 14.5. The second-order valence-electron chi connectivity index (χ2n) is 9.32. The molecule has 2 aromatic heterocycles. The number of nitrogens with one attached hydrogen (secondary N) is 1. The number of rotatable bonds is 9. The Labute approximate surface area is 242 Å². The van der Waals surface area contributed by atoms with Crippen molar-refractivity contribution >= 4 is 17.5 Å². The van der Waals surface area contributed by atoms with Crippen molar-refractivity contribution in [2.45, 2.75) is 25.3 Å². The Balaban J connectivity index is 1.54. The number of amides is 2. The Morgan fingerprint density at radius 2 is 1.63 bits per heavy atom. The van der Waals surface area contributed by atoms with Crippen LogP contribution in [0.5, 0.6) is 0 Å². The van der Waals surface area contributed by atoms with Crippen molar-refractivity contribution < 1.29 is 27.2 Å². The number of aromatic nitrogens is 5. The van der Waals surface area contributed by atoms with E-state index in [9.17, 15) is 27.2 Å². The molecule has 1 N–H and O–H groups in total. The minimum absolute atomic E-state index is 0.0471. The third kappa shape index (κ3) is 6.89. The Hall–Kier alpha value is -5.46. The van der Waals surface area contributed by atoms with Crippen LogP contribution in [0.15, 0.2) is 103 Å². The first-order valence-corrected chi connectivity index (χ1v) is 12.9. The average Bonchev–Trinajstić information content (AvgIpc) is 3.47. The van der Waals surface area contributed by atoms with Crippen molar-refractivity contribution in [3.05, 3.63) is 126 Å². The molecule has 0 unspecified atom stereocenters. The van der Waals surface area contributed by atoms with Gasteiger partial charge in [-0.1, -0.05) is 48.5 Å². The zero-order valence-electron chi connectivity index (χ0n) is 22.3. The summed E-state index contributed by atoms with van der Waals surface area (Å²) in [6, 6.07) is 20.4. The van der Waals surface area contributed by atoms with E-state index in [1.807, 2.05) is 6.07 Å². The van der Waals surface area contributed by atoms with E-state index in [4.69, 9.17) is 0 Å². The minimum Gasteiger partial charge on any atom is -0.350 e. The fourth-order valence-corrected chi connectivity index (χ4v) is 4.37. The quantitative estimate of drug-likeness (QED) is 0.243. The van der Waals surface area contributed by atoms with Gasteiger partial charge in [-0.2, -0.15) is 18.0 Å². The first-order chi connectivity index (χ1) is 20.7. The summed E-state index contributed by atoms with van der Waals surface area (Å²) in [6.07, 6.45) is -1.91. The van der Waals surface area contributed by atoms with Crippen LogP contribution in [0.25, 0.3) is 11.4 Å². The van der Waals surface area contributed by atoms with Crippen LogP contribution in [-0.4, -0.2) is 37.0 Å². The number of nitrogens with zero attached hydrogens (tertiary/aromatic N) is 6. The van der Waals surface area contributed by atoms with E-state index in [-0.39, 0.29) is 23.6 Å². The molecule has 13 heteroatoms. The Morgan fingerprint density at radius 3 is 2.35 bits per heavy atom. The second kappa shape index (κ2) is 12.6. The summed E-state index contributed by atoms with van der Waals surface area (Å²) in [6.45, 7) is -0.520. The van der Waals surface area contributed by atoms with Gasteiger partial charge in [0.2, 0.25) is 11.7 Å². The number of carbonyl (C=O) groups excluding carboxylic acids is 2. The van der Waals surface area contributed by atoms with Gasteiger partial charge in [-0.15, -0.1) is 10.2 Å². The molecular formula is C30H23F4N7O2. The summed E-state index contributed by atoms with van der Waals surface area (Å²) < 4.78 is 55.4. The van der Waals surface area contributed by atoms with Gasteiger partial charge in [0.1, 0.15) is 18.4 Å². The first kappa shape index (κ1) is 29.0. The van der Waals surface area contributed by atoms with E-state index in [0.29, 0.717) is 5.56 Å². The highest BCUT2D eigenvalue weighted by molar-refractivity contribution is 6.01. The monoisotopic (exact) mass is 589 g/mol. The fourth-order valence-electron chi connectivity index (χ4n) is 4.37. The van der Waals surface area contributed by atoms with Gasteiger partial charge < -0.3 is 5.32 Å². The van der Waals surface area contributed by atoms with Crippen LogP contribution in [0.1, 0.15) is 22.7 Å². The highest BCUT2D eigenvalue weighted by Gasteiger charge is 2.36. The summed E-state index contributed by atoms with van der Waals surface area (Å²) in [4.78, 5) is 33.5. The third-order valence-electron chi connectivity index (χ3n) is 6.40. The molecule has 218 valence electrons. The van der Waals surface area contributed by atoms with E-state index in [0.717, 1.165) is 33.5 Å². The molecule has 0 aliphatic heterocycles. The number of carbonyl (C=O) groups is 2. The molecule has 9 nitrogen and oxygen atoms in total. The molecular weight excluding hydrogens is 566 g/mol. The van der Waals surface area contributed by atoms with Crippen molar-refractivity contribution in [3.63, 3.8) is 0 Å². The molecule has 5 rings (SSSR count). The summed E-state index contributed by atoms with van der Waals surface area (Å²) in [5.74, 6) is -2.18. The largest absolute Gasteiger partial charge is 0.416 e. The van der Waals surface area contributed by atoms with Gasteiger partial charge in [-0.3, -0.25) is 19.5 Å². The lowest BCUT2D eigenvalue weighted by atomic mass is 10.0. The maximum atomic E-state index is 14.3. The number of benzene rings is 3. The van der Waals surface area contributed by atoms with Gasteiger partial charge in [-0.05, 0) is 58.8 Å². The number of tetrazole rings is 1. The molecule has 0 aliphatic carbocycles.